The molecule has 1 saturated heterocycles. The second-order valence-electron chi connectivity index (χ2n) is 7.61. The lowest BCUT2D eigenvalue weighted by Crippen LogP contribution is -2.47. The molecule has 0 spiro atoms. The summed E-state index contributed by atoms with van der Waals surface area (Å²) in [6.45, 7) is 4.45. The summed E-state index contributed by atoms with van der Waals surface area (Å²) >= 11 is 0. The molecule has 4 rings (SSSR count). The largest absolute Gasteiger partial charge is 0.327 e. The standard InChI is InChI=1S/C23H25N3O3/c1-3-16-9-6-8-15(2)21(16)24-20(27)14-26-18-11-5-4-10-17(18)22(28)25-13-7-12-19(25)23(26)29/h4-6,8-11,19H,3,7,12-14H2,1-2H3,(H,24,27). The van der Waals surface area contributed by atoms with Crippen molar-refractivity contribution in [3.05, 3.63) is 59.2 Å². The number of amides is 3. The highest BCUT2D eigenvalue weighted by Gasteiger charge is 2.42. The van der Waals surface area contributed by atoms with Gasteiger partial charge in [-0.2, -0.15) is 0 Å². The third-order valence-electron chi connectivity index (χ3n) is 5.80. The summed E-state index contributed by atoms with van der Waals surface area (Å²) in [5.74, 6) is -0.584. The molecule has 0 bridgehead atoms. The van der Waals surface area contributed by atoms with Crippen LogP contribution in [-0.2, 0) is 16.0 Å². The quantitative estimate of drug-likeness (QED) is 0.870. The molecule has 29 heavy (non-hydrogen) atoms. The summed E-state index contributed by atoms with van der Waals surface area (Å²) in [5.41, 5.74) is 3.82. The molecule has 1 atom stereocenters. The van der Waals surface area contributed by atoms with E-state index in [0.717, 1.165) is 29.7 Å². The van der Waals surface area contributed by atoms with E-state index in [4.69, 9.17) is 0 Å². The average molecular weight is 391 g/mol. The lowest BCUT2D eigenvalue weighted by Gasteiger charge is -2.25. The van der Waals surface area contributed by atoms with Gasteiger partial charge in [0.2, 0.25) is 11.8 Å². The van der Waals surface area contributed by atoms with Crippen molar-refractivity contribution < 1.29 is 14.4 Å². The van der Waals surface area contributed by atoms with Crippen LogP contribution in [0.5, 0.6) is 0 Å². The van der Waals surface area contributed by atoms with Crippen molar-refractivity contribution in [2.45, 2.75) is 39.2 Å². The van der Waals surface area contributed by atoms with Gasteiger partial charge in [-0.3, -0.25) is 14.4 Å². The van der Waals surface area contributed by atoms with Gasteiger partial charge in [0.1, 0.15) is 12.6 Å². The van der Waals surface area contributed by atoms with Crippen LogP contribution < -0.4 is 10.2 Å². The number of aryl methyl sites for hydroxylation is 2. The van der Waals surface area contributed by atoms with Crippen molar-refractivity contribution in [2.75, 3.05) is 23.3 Å². The lowest BCUT2D eigenvalue weighted by atomic mass is 10.1. The number of benzene rings is 2. The molecule has 2 aliphatic heterocycles. The van der Waals surface area contributed by atoms with E-state index in [1.165, 1.54) is 4.90 Å². The predicted molar refractivity (Wildman–Crippen MR) is 112 cm³/mol. The van der Waals surface area contributed by atoms with Crippen molar-refractivity contribution in [1.29, 1.82) is 0 Å². The number of carbonyl (C=O) groups excluding carboxylic acids is 3. The summed E-state index contributed by atoms with van der Waals surface area (Å²) in [5, 5.41) is 2.99. The summed E-state index contributed by atoms with van der Waals surface area (Å²) in [4.78, 5) is 42.3. The second-order valence-corrected chi connectivity index (χ2v) is 7.61. The van der Waals surface area contributed by atoms with Crippen molar-refractivity contribution >= 4 is 29.1 Å². The van der Waals surface area contributed by atoms with Gasteiger partial charge in [-0.15, -0.1) is 0 Å². The maximum Gasteiger partial charge on any atom is 0.256 e. The molecule has 6 heteroatoms. The van der Waals surface area contributed by atoms with Crippen LogP contribution in [0.2, 0.25) is 0 Å². The zero-order valence-corrected chi connectivity index (χ0v) is 16.8. The first-order valence-electron chi connectivity index (χ1n) is 10.1. The van der Waals surface area contributed by atoms with E-state index in [1.54, 1.807) is 29.2 Å². The zero-order chi connectivity index (χ0) is 20.5. The number of rotatable bonds is 4. The van der Waals surface area contributed by atoms with Gasteiger partial charge in [-0.05, 0) is 49.4 Å². The normalized spacial score (nSPS) is 18.3. The average Bonchev–Trinajstić information content (AvgIpc) is 3.20. The minimum Gasteiger partial charge on any atom is -0.327 e. The molecule has 1 unspecified atom stereocenters. The molecule has 1 N–H and O–H groups in total. The fraction of sp³-hybridized carbons (Fsp3) is 0.348. The molecule has 6 nitrogen and oxygen atoms in total. The zero-order valence-electron chi connectivity index (χ0n) is 16.8. The molecule has 3 amide bonds. The molecular weight excluding hydrogens is 366 g/mol. The van der Waals surface area contributed by atoms with Gasteiger partial charge >= 0.3 is 0 Å². The third-order valence-corrected chi connectivity index (χ3v) is 5.80. The Morgan fingerprint density at radius 1 is 1.14 bits per heavy atom. The van der Waals surface area contributed by atoms with E-state index >= 15 is 0 Å². The first kappa shape index (κ1) is 19.2. The van der Waals surface area contributed by atoms with Gasteiger partial charge in [0.15, 0.2) is 0 Å². The first-order chi connectivity index (χ1) is 14.0. The van der Waals surface area contributed by atoms with Gasteiger partial charge < -0.3 is 15.1 Å². The van der Waals surface area contributed by atoms with Crippen molar-refractivity contribution in [3.8, 4) is 0 Å². The van der Waals surface area contributed by atoms with E-state index < -0.39 is 6.04 Å². The number of hydrogen-bond acceptors (Lipinski definition) is 3. The Morgan fingerprint density at radius 2 is 1.93 bits per heavy atom. The molecule has 2 aliphatic rings. The van der Waals surface area contributed by atoms with Gasteiger partial charge in [-0.1, -0.05) is 37.3 Å². The number of para-hydroxylation sites is 2. The Kier molecular flexibility index (Phi) is 5.09. The van der Waals surface area contributed by atoms with Crippen molar-refractivity contribution in [3.63, 3.8) is 0 Å². The predicted octanol–water partition coefficient (Wildman–Crippen LogP) is 3.15. The maximum absolute atomic E-state index is 13.3. The Labute approximate surface area is 170 Å². The van der Waals surface area contributed by atoms with Crippen LogP contribution >= 0.6 is 0 Å². The highest BCUT2D eigenvalue weighted by Crippen LogP contribution is 2.32. The molecule has 0 radical (unpaired) electrons. The third kappa shape index (κ3) is 3.39. The van der Waals surface area contributed by atoms with Crippen LogP contribution in [0.1, 0.15) is 41.3 Å². The number of anilines is 2. The molecular formula is C23H25N3O3. The summed E-state index contributed by atoms with van der Waals surface area (Å²) in [7, 11) is 0. The number of fused-ring (bicyclic) bond motifs is 2. The SMILES string of the molecule is CCc1cccc(C)c1NC(=O)CN1C(=O)C2CCCN2C(=O)c2ccccc21. The molecule has 1 fully saturated rings. The minimum absolute atomic E-state index is 0.120. The number of nitrogens with zero attached hydrogens (tertiary/aromatic N) is 2. The Hall–Kier alpha value is -3.15. The highest BCUT2D eigenvalue weighted by molar-refractivity contribution is 6.13. The first-order valence-corrected chi connectivity index (χ1v) is 10.1. The van der Waals surface area contributed by atoms with E-state index in [2.05, 4.69) is 5.32 Å². The number of hydrogen-bond donors (Lipinski definition) is 1. The van der Waals surface area contributed by atoms with Gasteiger partial charge in [0.25, 0.3) is 5.91 Å². The molecule has 2 aromatic rings. The Balaban J connectivity index is 1.65. The van der Waals surface area contributed by atoms with Gasteiger partial charge in [-0.25, -0.2) is 0 Å². The van der Waals surface area contributed by atoms with Gasteiger partial charge in [0.05, 0.1) is 11.3 Å². The van der Waals surface area contributed by atoms with Crippen LogP contribution in [0.15, 0.2) is 42.5 Å². The van der Waals surface area contributed by atoms with E-state index in [0.29, 0.717) is 24.2 Å². The van der Waals surface area contributed by atoms with Crippen LogP contribution in [-0.4, -0.2) is 41.8 Å². The van der Waals surface area contributed by atoms with Crippen LogP contribution in [0.4, 0.5) is 11.4 Å². The van der Waals surface area contributed by atoms with E-state index in [9.17, 15) is 14.4 Å². The fourth-order valence-electron chi connectivity index (χ4n) is 4.30. The topological polar surface area (TPSA) is 69.7 Å². The Bertz CT molecular complexity index is 985. The lowest BCUT2D eigenvalue weighted by molar-refractivity contribution is -0.124. The Morgan fingerprint density at radius 3 is 2.72 bits per heavy atom. The maximum atomic E-state index is 13.3. The summed E-state index contributed by atoms with van der Waals surface area (Å²) in [6.07, 6.45) is 2.23. The van der Waals surface area contributed by atoms with Crippen LogP contribution in [0, 0.1) is 6.92 Å². The highest BCUT2D eigenvalue weighted by atomic mass is 16.2. The van der Waals surface area contributed by atoms with Crippen molar-refractivity contribution in [2.24, 2.45) is 0 Å². The molecule has 150 valence electrons. The number of nitrogens with one attached hydrogen (secondary N) is 1. The number of carbonyl (C=O) groups is 3. The summed E-state index contributed by atoms with van der Waals surface area (Å²) in [6, 6.07) is 12.5. The molecule has 2 aromatic carbocycles. The summed E-state index contributed by atoms with van der Waals surface area (Å²) < 4.78 is 0. The van der Waals surface area contributed by atoms with E-state index in [-0.39, 0.29) is 24.3 Å². The van der Waals surface area contributed by atoms with E-state index in [1.807, 2.05) is 32.0 Å². The van der Waals surface area contributed by atoms with Crippen molar-refractivity contribution in [1.82, 2.24) is 4.90 Å². The molecule has 0 aromatic heterocycles. The monoisotopic (exact) mass is 391 g/mol. The smallest absolute Gasteiger partial charge is 0.256 e. The van der Waals surface area contributed by atoms with Crippen LogP contribution in [0.25, 0.3) is 0 Å². The minimum atomic E-state index is -0.493. The fourth-order valence-corrected chi connectivity index (χ4v) is 4.30. The van der Waals surface area contributed by atoms with Gasteiger partial charge in [0, 0.05) is 12.2 Å². The molecule has 0 aliphatic carbocycles. The molecule has 0 saturated carbocycles. The van der Waals surface area contributed by atoms with Crippen LogP contribution in [0.3, 0.4) is 0 Å². The molecule has 2 heterocycles. The second kappa shape index (κ2) is 7.70.